The molecule has 0 bridgehead atoms. The first-order chi connectivity index (χ1) is 8.74. The van der Waals surface area contributed by atoms with Crippen molar-refractivity contribution in [3.05, 3.63) is 39.6 Å². The lowest BCUT2D eigenvalue weighted by Gasteiger charge is -2.05. The van der Waals surface area contributed by atoms with Crippen LogP contribution in [0.2, 0.25) is 0 Å². The van der Waals surface area contributed by atoms with Gasteiger partial charge in [-0.1, -0.05) is 18.2 Å². The highest BCUT2D eigenvalue weighted by Gasteiger charge is 2.21. The van der Waals surface area contributed by atoms with E-state index in [4.69, 9.17) is 0 Å². The van der Waals surface area contributed by atoms with Crippen LogP contribution in [0.5, 0.6) is 0 Å². The van der Waals surface area contributed by atoms with E-state index in [0.29, 0.717) is 0 Å². The zero-order valence-electron chi connectivity index (χ0n) is 10.4. The van der Waals surface area contributed by atoms with E-state index < -0.39 is 0 Å². The van der Waals surface area contributed by atoms with E-state index >= 15 is 0 Å². The maximum atomic E-state index is 4.61. The van der Waals surface area contributed by atoms with Gasteiger partial charge in [-0.3, -0.25) is 4.68 Å². The summed E-state index contributed by atoms with van der Waals surface area (Å²) in [4.78, 5) is 0. The molecule has 94 valence electrons. The summed E-state index contributed by atoms with van der Waals surface area (Å²) < 4.78 is 3.16. The van der Waals surface area contributed by atoms with E-state index in [-0.39, 0.29) is 0 Å². The molecule has 1 aliphatic rings. The predicted octanol–water partition coefficient (Wildman–Crippen LogP) is 2.94. The Balaban J connectivity index is 1.92. The van der Waals surface area contributed by atoms with Crippen molar-refractivity contribution in [1.82, 2.24) is 15.1 Å². The van der Waals surface area contributed by atoms with E-state index in [1.54, 1.807) is 0 Å². The molecule has 1 aromatic heterocycles. The molecule has 0 aliphatic heterocycles. The van der Waals surface area contributed by atoms with Crippen LogP contribution in [0.4, 0.5) is 0 Å². The zero-order valence-corrected chi connectivity index (χ0v) is 12.5. The smallest absolute Gasteiger partial charge is 0.0978 e. The Morgan fingerprint density at radius 2 is 2.17 bits per heavy atom. The lowest BCUT2D eigenvalue weighted by Crippen LogP contribution is -2.15. The number of aromatic nitrogens is 2. The Labute approximate surface area is 121 Å². The van der Waals surface area contributed by atoms with Crippen LogP contribution in [0.3, 0.4) is 0 Å². The van der Waals surface area contributed by atoms with E-state index in [1.165, 1.54) is 27.5 Å². The third kappa shape index (κ3) is 2.59. The SMILES string of the molecule is Cn1cc(CNC2CC2)c(-c2ccccc2I)n1. The average Bonchev–Trinajstić information content (AvgIpc) is 3.11. The molecule has 1 fully saturated rings. The molecule has 0 spiro atoms. The second-order valence-corrected chi connectivity index (χ2v) is 5.97. The van der Waals surface area contributed by atoms with Crippen LogP contribution in [0.1, 0.15) is 18.4 Å². The first-order valence-electron chi connectivity index (χ1n) is 6.25. The Hall–Kier alpha value is -0.880. The van der Waals surface area contributed by atoms with Crippen molar-refractivity contribution in [1.29, 1.82) is 0 Å². The maximum Gasteiger partial charge on any atom is 0.0978 e. The summed E-state index contributed by atoms with van der Waals surface area (Å²) in [7, 11) is 1.99. The van der Waals surface area contributed by atoms with Crippen molar-refractivity contribution < 1.29 is 0 Å². The molecular formula is C14H16IN3. The second-order valence-electron chi connectivity index (χ2n) is 4.81. The molecule has 3 rings (SSSR count). The van der Waals surface area contributed by atoms with E-state index in [9.17, 15) is 0 Å². The first kappa shape index (κ1) is 12.2. The van der Waals surface area contributed by atoms with Crippen LogP contribution >= 0.6 is 22.6 Å². The van der Waals surface area contributed by atoms with E-state index in [1.807, 2.05) is 11.7 Å². The van der Waals surface area contributed by atoms with Crippen molar-refractivity contribution in [2.75, 3.05) is 0 Å². The molecule has 3 nitrogen and oxygen atoms in total. The molecular weight excluding hydrogens is 337 g/mol. The molecule has 1 N–H and O–H groups in total. The first-order valence-corrected chi connectivity index (χ1v) is 7.33. The summed E-state index contributed by atoms with van der Waals surface area (Å²) in [5.74, 6) is 0. The molecule has 1 aliphatic carbocycles. The van der Waals surface area contributed by atoms with Gasteiger partial charge in [-0.05, 0) is 41.5 Å². The van der Waals surface area contributed by atoms with Crippen LogP contribution in [0.15, 0.2) is 30.5 Å². The molecule has 1 aromatic carbocycles. The van der Waals surface area contributed by atoms with Crippen LogP contribution < -0.4 is 5.32 Å². The number of nitrogens with zero attached hydrogens (tertiary/aromatic N) is 2. The number of halogens is 1. The monoisotopic (exact) mass is 353 g/mol. The van der Waals surface area contributed by atoms with Gasteiger partial charge in [-0.25, -0.2) is 0 Å². The Bertz CT molecular complexity index is 558. The third-order valence-electron chi connectivity index (χ3n) is 3.19. The highest BCUT2D eigenvalue weighted by molar-refractivity contribution is 14.1. The number of nitrogens with one attached hydrogen (secondary N) is 1. The highest BCUT2D eigenvalue weighted by Crippen LogP contribution is 2.27. The average molecular weight is 353 g/mol. The molecule has 1 saturated carbocycles. The summed E-state index contributed by atoms with van der Waals surface area (Å²) >= 11 is 2.37. The summed E-state index contributed by atoms with van der Waals surface area (Å²) in [6.45, 7) is 0.915. The van der Waals surface area contributed by atoms with Gasteiger partial charge in [-0.15, -0.1) is 0 Å². The molecule has 0 amide bonds. The minimum Gasteiger partial charge on any atom is -0.310 e. The highest BCUT2D eigenvalue weighted by atomic mass is 127. The van der Waals surface area contributed by atoms with Crippen molar-refractivity contribution in [2.45, 2.75) is 25.4 Å². The van der Waals surface area contributed by atoms with Crippen molar-refractivity contribution in [3.63, 3.8) is 0 Å². The van der Waals surface area contributed by atoms with Gasteiger partial charge in [0.1, 0.15) is 0 Å². The molecule has 18 heavy (non-hydrogen) atoms. The fourth-order valence-electron chi connectivity index (χ4n) is 2.09. The van der Waals surface area contributed by atoms with E-state index in [0.717, 1.165) is 18.3 Å². The molecule has 2 aromatic rings. The van der Waals surface area contributed by atoms with Gasteiger partial charge < -0.3 is 5.32 Å². The van der Waals surface area contributed by atoms with Gasteiger partial charge in [0.25, 0.3) is 0 Å². The Morgan fingerprint density at radius 1 is 1.39 bits per heavy atom. The largest absolute Gasteiger partial charge is 0.310 e. The summed E-state index contributed by atoms with van der Waals surface area (Å²) in [6.07, 6.45) is 4.75. The third-order valence-corrected chi connectivity index (χ3v) is 4.13. The van der Waals surface area contributed by atoms with Gasteiger partial charge in [0, 0.05) is 40.5 Å². The fourth-order valence-corrected chi connectivity index (χ4v) is 2.73. The minimum absolute atomic E-state index is 0.730. The molecule has 0 atom stereocenters. The van der Waals surface area contributed by atoms with Crippen molar-refractivity contribution in [3.8, 4) is 11.3 Å². The van der Waals surface area contributed by atoms with Gasteiger partial charge in [-0.2, -0.15) is 5.10 Å². The summed E-state index contributed by atoms with van der Waals surface area (Å²) in [5, 5.41) is 8.17. The Kier molecular flexibility index (Phi) is 3.39. The number of rotatable bonds is 4. The van der Waals surface area contributed by atoms with E-state index in [2.05, 4.69) is 63.5 Å². The van der Waals surface area contributed by atoms with Crippen LogP contribution in [0, 0.1) is 3.57 Å². The summed E-state index contributed by atoms with van der Waals surface area (Å²) in [5.41, 5.74) is 3.62. The number of benzene rings is 1. The normalized spacial score (nSPS) is 15.0. The van der Waals surface area contributed by atoms with Crippen LogP contribution in [0.25, 0.3) is 11.3 Å². The van der Waals surface area contributed by atoms with Crippen molar-refractivity contribution >= 4 is 22.6 Å². The fraction of sp³-hybridized carbons (Fsp3) is 0.357. The quantitative estimate of drug-likeness (QED) is 0.857. The van der Waals surface area contributed by atoms with Crippen LogP contribution in [-0.4, -0.2) is 15.8 Å². The second kappa shape index (κ2) is 5.01. The number of hydrogen-bond donors (Lipinski definition) is 1. The minimum atomic E-state index is 0.730. The summed E-state index contributed by atoms with van der Waals surface area (Å²) in [6, 6.07) is 9.14. The van der Waals surface area contributed by atoms with Gasteiger partial charge in [0.05, 0.1) is 5.69 Å². The van der Waals surface area contributed by atoms with Gasteiger partial charge in [0.15, 0.2) is 0 Å². The van der Waals surface area contributed by atoms with Crippen molar-refractivity contribution in [2.24, 2.45) is 7.05 Å². The maximum absolute atomic E-state index is 4.61. The number of aryl methyl sites for hydroxylation is 1. The molecule has 0 unspecified atom stereocenters. The lowest BCUT2D eigenvalue weighted by atomic mass is 10.1. The topological polar surface area (TPSA) is 29.9 Å². The molecule has 4 heteroatoms. The zero-order chi connectivity index (χ0) is 12.5. The molecule has 0 saturated heterocycles. The molecule has 1 heterocycles. The standard InChI is InChI=1S/C14H16IN3/c1-18-9-10(8-16-11-6-7-11)14(17-18)12-4-2-3-5-13(12)15/h2-5,9,11,16H,6-8H2,1H3. The Morgan fingerprint density at radius 3 is 2.89 bits per heavy atom. The van der Waals surface area contributed by atoms with Gasteiger partial charge in [0.2, 0.25) is 0 Å². The lowest BCUT2D eigenvalue weighted by molar-refractivity contribution is 0.687. The number of hydrogen-bond acceptors (Lipinski definition) is 2. The molecule has 0 radical (unpaired) electrons. The predicted molar refractivity (Wildman–Crippen MR) is 81.2 cm³/mol. The van der Waals surface area contributed by atoms with Crippen LogP contribution in [-0.2, 0) is 13.6 Å². The van der Waals surface area contributed by atoms with Gasteiger partial charge >= 0.3 is 0 Å².